The predicted octanol–water partition coefficient (Wildman–Crippen LogP) is 0.0382. The molecular weight excluding hydrogens is 280 g/mol. The summed E-state index contributed by atoms with van der Waals surface area (Å²) in [6.07, 6.45) is 1.91. The third-order valence-corrected chi connectivity index (χ3v) is 5.35. The molecule has 1 N–H and O–H groups in total. The number of nitrogens with zero attached hydrogens (tertiary/aromatic N) is 1. The molecule has 0 bridgehead atoms. The van der Waals surface area contributed by atoms with Crippen molar-refractivity contribution >= 4 is 15.7 Å². The fourth-order valence-electron chi connectivity index (χ4n) is 2.44. The van der Waals surface area contributed by atoms with Gasteiger partial charge in [0.2, 0.25) is 5.91 Å². The van der Waals surface area contributed by atoms with Gasteiger partial charge >= 0.3 is 0 Å². The number of nitrogens with one attached hydrogen (secondary N) is 1. The van der Waals surface area contributed by atoms with Crippen LogP contribution in [0.25, 0.3) is 0 Å². The first-order valence-electron chi connectivity index (χ1n) is 7.18. The molecule has 0 saturated carbocycles. The van der Waals surface area contributed by atoms with Crippen LogP contribution in [0.15, 0.2) is 0 Å². The number of carbonyl (C=O) groups is 1. The summed E-state index contributed by atoms with van der Waals surface area (Å²) in [7, 11) is -1.23. The lowest BCUT2D eigenvalue weighted by Gasteiger charge is -2.26. The summed E-state index contributed by atoms with van der Waals surface area (Å²) in [4.78, 5) is 13.8. The van der Waals surface area contributed by atoms with Crippen molar-refractivity contribution in [2.75, 3.05) is 44.9 Å². The Morgan fingerprint density at radius 1 is 1.45 bits per heavy atom. The number of sulfone groups is 1. The molecule has 1 rings (SSSR count). The van der Waals surface area contributed by atoms with Gasteiger partial charge in [-0.3, -0.25) is 9.69 Å². The van der Waals surface area contributed by atoms with Gasteiger partial charge in [0, 0.05) is 39.3 Å². The first-order valence-corrected chi connectivity index (χ1v) is 9.00. The number of hydrogen-bond donors (Lipinski definition) is 1. The van der Waals surface area contributed by atoms with Crippen LogP contribution in [-0.2, 0) is 19.4 Å². The molecular formula is C13H26N2O4S. The fourth-order valence-corrected chi connectivity index (χ4v) is 4.20. The van der Waals surface area contributed by atoms with E-state index in [1.165, 1.54) is 0 Å². The Bertz CT molecular complexity index is 397. The second-order valence-corrected chi connectivity index (χ2v) is 7.36. The standard InChI is InChI=1S/C13H26N2O4S/c1-3-15(12-6-10-20(17,18)11-12)8-5-13(16)14-7-4-9-19-2/h12H,3-11H2,1-2H3,(H,14,16). The molecule has 7 heteroatoms. The number of hydrogen-bond acceptors (Lipinski definition) is 5. The van der Waals surface area contributed by atoms with Gasteiger partial charge in [-0.05, 0) is 19.4 Å². The van der Waals surface area contributed by atoms with Crippen LogP contribution in [0.1, 0.15) is 26.2 Å². The zero-order valence-corrected chi connectivity index (χ0v) is 13.2. The molecule has 1 atom stereocenters. The number of rotatable bonds is 9. The molecule has 1 heterocycles. The Morgan fingerprint density at radius 2 is 2.20 bits per heavy atom. The van der Waals surface area contributed by atoms with Gasteiger partial charge in [-0.15, -0.1) is 0 Å². The van der Waals surface area contributed by atoms with Crippen molar-refractivity contribution in [3.63, 3.8) is 0 Å². The first kappa shape index (κ1) is 17.4. The summed E-state index contributed by atoms with van der Waals surface area (Å²) in [5.41, 5.74) is 0. The number of methoxy groups -OCH3 is 1. The molecule has 1 fully saturated rings. The molecule has 1 aliphatic rings. The van der Waals surface area contributed by atoms with E-state index in [4.69, 9.17) is 4.74 Å². The van der Waals surface area contributed by atoms with Gasteiger partial charge < -0.3 is 10.1 Å². The second kappa shape index (κ2) is 8.59. The minimum absolute atomic E-state index is 0.0143. The third-order valence-electron chi connectivity index (χ3n) is 3.60. The summed E-state index contributed by atoms with van der Waals surface area (Å²) in [6.45, 7) is 4.66. The molecule has 1 amide bonds. The van der Waals surface area contributed by atoms with E-state index in [0.717, 1.165) is 13.0 Å². The lowest BCUT2D eigenvalue weighted by molar-refractivity contribution is -0.121. The van der Waals surface area contributed by atoms with Crippen LogP contribution in [0.2, 0.25) is 0 Å². The van der Waals surface area contributed by atoms with Crippen molar-refractivity contribution in [3.8, 4) is 0 Å². The average Bonchev–Trinajstić information content (AvgIpc) is 2.76. The molecule has 1 saturated heterocycles. The molecule has 6 nitrogen and oxygen atoms in total. The van der Waals surface area contributed by atoms with Crippen molar-refractivity contribution in [1.29, 1.82) is 0 Å². The quantitative estimate of drug-likeness (QED) is 0.609. The zero-order valence-electron chi connectivity index (χ0n) is 12.4. The molecule has 0 aliphatic carbocycles. The Morgan fingerprint density at radius 3 is 2.75 bits per heavy atom. The normalized spacial score (nSPS) is 21.2. The third kappa shape index (κ3) is 6.19. The van der Waals surface area contributed by atoms with Crippen LogP contribution in [0.4, 0.5) is 0 Å². The zero-order chi connectivity index (χ0) is 15.0. The van der Waals surface area contributed by atoms with E-state index in [-0.39, 0.29) is 23.5 Å². The topological polar surface area (TPSA) is 75.7 Å². The molecule has 0 aromatic carbocycles. The lowest BCUT2D eigenvalue weighted by Crippen LogP contribution is -2.39. The molecule has 0 radical (unpaired) electrons. The summed E-state index contributed by atoms with van der Waals surface area (Å²) in [5.74, 6) is 0.522. The fraction of sp³-hybridized carbons (Fsp3) is 0.923. The van der Waals surface area contributed by atoms with Crippen molar-refractivity contribution in [3.05, 3.63) is 0 Å². The van der Waals surface area contributed by atoms with E-state index < -0.39 is 9.84 Å². The lowest BCUT2D eigenvalue weighted by atomic mass is 10.2. The Hall–Kier alpha value is -0.660. The van der Waals surface area contributed by atoms with Crippen molar-refractivity contribution in [1.82, 2.24) is 10.2 Å². The second-order valence-electron chi connectivity index (χ2n) is 5.13. The van der Waals surface area contributed by atoms with Gasteiger partial charge in [-0.1, -0.05) is 6.92 Å². The summed E-state index contributed by atoms with van der Waals surface area (Å²) < 4.78 is 27.9. The molecule has 1 unspecified atom stereocenters. The number of carbonyl (C=O) groups excluding carboxylic acids is 1. The predicted molar refractivity (Wildman–Crippen MR) is 78.4 cm³/mol. The van der Waals surface area contributed by atoms with Gasteiger partial charge in [-0.25, -0.2) is 8.42 Å². The van der Waals surface area contributed by atoms with E-state index in [2.05, 4.69) is 10.2 Å². The van der Waals surface area contributed by atoms with E-state index in [9.17, 15) is 13.2 Å². The Balaban J connectivity index is 2.26. The highest BCUT2D eigenvalue weighted by molar-refractivity contribution is 7.91. The number of ether oxygens (including phenoxy) is 1. The van der Waals surface area contributed by atoms with Crippen molar-refractivity contribution in [2.45, 2.75) is 32.2 Å². The first-order chi connectivity index (χ1) is 9.48. The van der Waals surface area contributed by atoms with Crippen LogP contribution in [0, 0.1) is 0 Å². The van der Waals surface area contributed by atoms with Crippen LogP contribution < -0.4 is 5.32 Å². The van der Waals surface area contributed by atoms with Crippen LogP contribution in [0.5, 0.6) is 0 Å². The maximum Gasteiger partial charge on any atom is 0.221 e. The minimum Gasteiger partial charge on any atom is -0.385 e. The van der Waals surface area contributed by atoms with Crippen LogP contribution in [-0.4, -0.2) is 70.1 Å². The summed E-state index contributed by atoms with van der Waals surface area (Å²) >= 11 is 0. The molecule has 0 aromatic heterocycles. The monoisotopic (exact) mass is 306 g/mol. The summed E-state index contributed by atoms with van der Waals surface area (Å²) in [6, 6.07) is 0.0753. The average molecular weight is 306 g/mol. The van der Waals surface area contributed by atoms with Crippen molar-refractivity contribution in [2.24, 2.45) is 0 Å². The molecule has 118 valence electrons. The molecule has 0 aromatic rings. The maximum absolute atomic E-state index is 11.7. The maximum atomic E-state index is 11.7. The molecule has 20 heavy (non-hydrogen) atoms. The Kier molecular flexibility index (Phi) is 7.47. The van der Waals surface area contributed by atoms with E-state index in [1.54, 1.807) is 7.11 Å². The van der Waals surface area contributed by atoms with Gasteiger partial charge in [0.1, 0.15) is 0 Å². The highest BCUT2D eigenvalue weighted by atomic mass is 32.2. The van der Waals surface area contributed by atoms with Gasteiger partial charge in [0.25, 0.3) is 0 Å². The van der Waals surface area contributed by atoms with Gasteiger partial charge in [0.05, 0.1) is 11.5 Å². The minimum atomic E-state index is -2.87. The highest BCUT2D eigenvalue weighted by Crippen LogP contribution is 2.17. The summed E-state index contributed by atoms with van der Waals surface area (Å²) in [5, 5.41) is 2.84. The smallest absolute Gasteiger partial charge is 0.221 e. The van der Waals surface area contributed by atoms with Crippen molar-refractivity contribution < 1.29 is 17.9 Å². The van der Waals surface area contributed by atoms with Crippen LogP contribution >= 0.6 is 0 Å². The van der Waals surface area contributed by atoms with E-state index >= 15 is 0 Å². The molecule has 0 spiro atoms. The highest BCUT2D eigenvalue weighted by Gasteiger charge is 2.31. The van der Waals surface area contributed by atoms with Gasteiger partial charge in [-0.2, -0.15) is 0 Å². The number of amides is 1. The SMILES string of the molecule is CCN(CCC(=O)NCCCOC)C1CCS(=O)(=O)C1. The van der Waals surface area contributed by atoms with Gasteiger partial charge in [0.15, 0.2) is 9.84 Å². The van der Waals surface area contributed by atoms with Crippen LogP contribution in [0.3, 0.4) is 0 Å². The Labute approximate surface area is 121 Å². The van der Waals surface area contributed by atoms with E-state index in [1.807, 2.05) is 6.92 Å². The molecule has 1 aliphatic heterocycles. The largest absolute Gasteiger partial charge is 0.385 e. The van der Waals surface area contributed by atoms with E-state index in [0.29, 0.717) is 32.5 Å².